The Bertz CT molecular complexity index is 1790. The first-order valence-corrected chi connectivity index (χ1v) is 16.6. The fourth-order valence-corrected chi connectivity index (χ4v) is 9.18. The second-order valence-corrected chi connectivity index (χ2v) is 14.9. The average molecular weight is 651 g/mol. The summed E-state index contributed by atoms with van der Waals surface area (Å²) in [4.78, 5) is 28.6. The largest absolute Gasteiger partial charge is 0.514 e. The summed E-state index contributed by atoms with van der Waals surface area (Å²) in [5.41, 5.74) is 0.366. The fraction of sp³-hybridized carbons (Fsp3) is 0.543. The van der Waals surface area contributed by atoms with E-state index in [4.69, 9.17) is 30.2 Å². The number of ether oxygens (including phenoxy) is 3. The molecule has 2 aromatic carbocycles. The van der Waals surface area contributed by atoms with Gasteiger partial charge in [-0.3, -0.25) is 9.47 Å². The maximum Gasteiger partial charge on any atom is 0.514 e. The lowest BCUT2D eigenvalue weighted by atomic mass is 9.48. The molecule has 5 atom stereocenters. The Labute approximate surface area is 271 Å². The van der Waals surface area contributed by atoms with Crippen molar-refractivity contribution in [1.29, 1.82) is 0 Å². The minimum atomic E-state index is -1.05. The average Bonchev–Trinajstić information content (AvgIpc) is 3.67. The molecule has 3 fully saturated rings. The molecule has 46 heavy (non-hydrogen) atoms. The van der Waals surface area contributed by atoms with Gasteiger partial charge in [0.05, 0.1) is 28.4 Å². The van der Waals surface area contributed by atoms with Gasteiger partial charge in [0.1, 0.15) is 12.7 Å². The predicted molar refractivity (Wildman–Crippen MR) is 169 cm³/mol. The number of carbonyl (C=O) groups is 1. The van der Waals surface area contributed by atoms with Gasteiger partial charge in [-0.1, -0.05) is 29.8 Å². The zero-order valence-corrected chi connectivity index (χ0v) is 27.0. The molecule has 1 spiro atoms. The van der Waals surface area contributed by atoms with Crippen molar-refractivity contribution < 1.29 is 33.6 Å². The number of carbonyl (C=O) groups excluding carboxylic acids is 1. The van der Waals surface area contributed by atoms with Crippen LogP contribution in [0.15, 0.2) is 45.6 Å². The molecule has 10 nitrogen and oxygen atoms in total. The molecule has 2 saturated carbocycles. The second kappa shape index (κ2) is 10.3. The zero-order valence-electron chi connectivity index (χ0n) is 26.3. The van der Waals surface area contributed by atoms with Crippen LogP contribution in [0.4, 0.5) is 4.79 Å². The Kier molecular flexibility index (Phi) is 6.76. The molecule has 0 unspecified atom stereocenters. The Balaban J connectivity index is 1.05. The summed E-state index contributed by atoms with van der Waals surface area (Å²) in [6.07, 6.45) is 2.43. The van der Waals surface area contributed by atoms with Gasteiger partial charge in [-0.2, -0.15) is 0 Å². The van der Waals surface area contributed by atoms with Crippen LogP contribution < -0.4 is 15.2 Å². The summed E-state index contributed by atoms with van der Waals surface area (Å²) in [6.45, 7) is 6.95. The number of rotatable bonds is 7. The van der Waals surface area contributed by atoms with Gasteiger partial charge in [-0.05, 0) is 95.5 Å². The van der Waals surface area contributed by atoms with Crippen LogP contribution in [0.2, 0.25) is 5.02 Å². The number of aliphatic hydroxyl groups excluding tert-OH is 1. The van der Waals surface area contributed by atoms with Gasteiger partial charge < -0.3 is 28.8 Å². The predicted octanol–water partition coefficient (Wildman–Crippen LogP) is 4.95. The van der Waals surface area contributed by atoms with Crippen molar-refractivity contribution in [1.82, 2.24) is 9.47 Å². The molecule has 5 aliphatic rings. The van der Waals surface area contributed by atoms with Gasteiger partial charge in [0.25, 0.3) is 0 Å². The molecule has 244 valence electrons. The molecule has 3 heterocycles. The molecular weight excluding hydrogens is 612 g/mol. The van der Waals surface area contributed by atoms with E-state index in [1.807, 2.05) is 6.07 Å². The van der Waals surface area contributed by atoms with Crippen molar-refractivity contribution in [3.8, 4) is 22.8 Å². The van der Waals surface area contributed by atoms with Crippen molar-refractivity contribution in [2.75, 3.05) is 19.7 Å². The number of benzene rings is 2. The molecule has 2 aliphatic heterocycles. The van der Waals surface area contributed by atoms with Gasteiger partial charge >= 0.3 is 11.9 Å². The zero-order chi connectivity index (χ0) is 32.2. The van der Waals surface area contributed by atoms with Gasteiger partial charge in [-0.15, -0.1) is 0 Å². The number of hydrogen-bond acceptors (Lipinski definition) is 9. The molecule has 8 rings (SSSR count). The summed E-state index contributed by atoms with van der Waals surface area (Å²) >= 11 is 6.15. The van der Waals surface area contributed by atoms with Crippen LogP contribution in [0.1, 0.15) is 62.8 Å². The van der Waals surface area contributed by atoms with E-state index in [0.29, 0.717) is 59.4 Å². The van der Waals surface area contributed by atoms with E-state index in [-0.39, 0.29) is 18.4 Å². The van der Waals surface area contributed by atoms with Crippen LogP contribution in [0.3, 0.4) is 0 Å². The smallest absolute Gasteiger partial charge is 0.482 e. The molecule has 11 heteroatoms. The first kappa shape index (κ1) is 30.1. The Morgan fingerprint density at radius 1 is 1.17 bits per heavy atom. The van der Waals surface area contributed by atoms with Crippen molar-refractivity contribution in [3.63, 3.8) is 0 Å². The third-order valence-corrected chi connectivity index (χ3v) is 11.4. The Morgan fingerprint density at radius 3 is 2.74 bits per heavy atom. The second-order valence-electron chi connectivity index (χ2n) is 14.5. The van der Waals surface area contributed by atoms with Gasteiger partial charge in [-0.25, -0.2) is 9.59 Å². The first-order valence-electron chi connectivity index (χ1n) is 16.2. The standard InChI is InChI=1S/C35H39ClN2O8/c1-19-28(22-5-4-6-23(36)15-22)46-31(40)38(19)33(2,3)18-43-32(41)44-25-10-9-21-16-26-35(42)12-11-24(39)30-34(35,27(21)29(25)45-30)13-14-37(26)17-20-7-8-20/h4-6,9-10,15,20,24,26,30,39,42H,7-8,11-14,16-18H2,1-3H3/t24-,26-,30+,34+,35-/m1/s1. The molecule has 1 saturated heterocycles. The number of aliphatic hydroxyl groups is 2. The summed E-state index contributed by atoms with van der Waals surface area (Å²) in [5.74, 6) is 1.10. The minimum absolute atomic E-state index is 0.0490. The highest BCUT2D eigenvalue weighted by molar-refractivity contribution is 6.30. The van der Waals surface area contributed by atoms with E-state index in [2.05, 4.69) is 4.90 Å². The maximum atomic E-state index is 13.2. The summed E-state index contributed by atoms with van der Waals surface area (Å²) in [7, 11) is 0. The summed E-state index contributed by atoms with van der Waals surface area (Å²) in [6, 6.07) is 10.7. The van der Waals surface area contributed by atoms with Gasteiger partial charge in [0.2, 0.25) is 0 Å². The number of halogens is 1. The highest BCUT2D eigenvalue weighted by atomic mass is 35.5. The number of likely N-dealkylation sites (tertiary alicyclic amines) is 1. The molecule has 2 N–H and O–H groups in total. The number of aromatic nitrogens is 1. The quantitative estimate of drug-likeness (QED) is 0.270. The SMILES string of the molecule is Cc1c(-c2cccc(Cl)c2)oc(=O)n1C(C)(C)COC(=O)Oc1ccc2c3c1O[C@H]1[C@H](O)CC[C@@]4(O)[C@@H](C2)N(CC2CC2)CC[C@]314. The summed E-state index contributed by atoms with van der Waals surface area (Å²) in [5, 5.41) is 24.2. The van der Waals surface area contributed by atoms with E-state index in [1.54, 1.807) is 51.1 Å². The first-order chi connectivity index (χ1) is 21.9. The van der Waals surface area contributed by atoms with E-state index in [9.17, 15) is 19.8 Å². The lowest BCUT2D eigenvalue weighted by Gasteiger charge is -2.63. The maximum absolute atomic E-state index is 13.2. The number of hydrogen-bond donors (Lipinski definition) is 2. The van der Waals surface area contributed by atoms with Gasteiger partial charge in [0, 0.05) is 28.7 Å². The minimum Gasteiger partial charge on any atom is -0.482 e. The summed E-state index contributed by atoms with van der Waals surface area (Å²) < 4.78 is 24.9. The van der Waals surface area contributed by atoms with Crippen LogP contribution in [-0.4, -0.2) is 69.4 Å². The van der Waals surface area contributed by atoms with Crippen molar-refractivity contribution >= 4 is 17.8 Å². The fourth-order valence-electron chi connectivity index (χ4n) is 8.99. The topological polar surface area (TPSA) is 124 Å². The van der Waals surface area contributed by atoms with Crippen LogP contribution in [0, 0.1) is 12.8 Å². The third-order valence-electron chi connectivity index (χ3n) is 11.2. The Morgan fingerprint density at radius 2 is 1.98 bits per heavy atom. The van der Waals surface area contributed by atoms with E-state index in [1.165, 1.54) is 17.4 Å². The van der Waals surface area contributed by atoms with Gasteiger partial charge in [0.15, 0.2) is 17.3 Å². The van der Waals surface area contributed by atoms with Crippen molar-refractivity contribution in [2.24, 2.45) is 5.92 Å². The van der Waals surface area contributed by atoms with Crippen LogP contribution in [0.25, 0.3) is 11.3 Å². The third kappa shape index (κ3) is 4.33. The normalized spacial score (nSPS) is 29.7. The highest BCUT2D eigenvalue weighted by Crippen LogP contribution is 2.65. The number of nitrogens with zero attached hydrogens (tertiary/aromatic N) is 2. The molecule has 1 aromatic heterocycles. The monoisotopic (exact) mass is 650 g/mol. The molecule has 0 radical (unpaired) electrons. The van der Waals surface area contributed by atoms with E-state index < -0.39 is 40.7 Å². The van der Waals surface area contributed by atoms with Crippen LogP contribution in [0.5, 0.6) is 11.5 Å². The highest BCUT2D eigenvalue weighted by Gasteiger charge is 2.73. The van der Waals surface area contributed by atoms with Crippen LogP contribution in [-0.2, 0) is 22.1 Å². The molecule has 0 amide bonds. The number of oxazole rings is 1. The molecule has 2 bridgehead atoms. The molecule has 3 aromatic rings. The molecule has 3 aliphatic carbocycles. The van der Waals surface area contributed by atoms with E-state index >= 15 is 0 Å². The lowest BCUT2D eigenvalue weighted by Crippen LogP contribution is -2.77. The van der Waals surface area contributed by atoms with Crippen molar-refractivity contribution in [3.05, 3.63) is 68.8 Å². The Hall–Kier alpha value is -3.31. The lowest BCUT2D eigenvalue weighted by molar-refractivity contribution is -0.208. The molecular formula is C35H39ClN2O8. The van der Waals surface area contributed by atoms with Crippen LogP contribution >= 0.6 is 11.6 Å². The van der Waals surface area contributed by atoms with Crippen molar-refractivity contribution in [2.45, 2.75) is 94.1 Å². The number of piperidine rings is 1. The van der Waals surface area contributed by atoms with E-state index in [0.717, 1.165) is 24.2 Å².